The molecule has 1 aliphatic carbocycles. The number of carbonyl (C=O) groups excluding carboxylic acids is 2. The summed E-state index contributed by atoms with van der Waals surface area (Å²) in [6, 6.07) is 7.76. The molecule has 7 heteroatoms. The van der Waals surface area contributed by atoms with Gasteiger partial charge in [0.25, 0.3) is 0 Å². The van der Waals surface area contributed by atoms with Crippen LogP contribution in [0.1, 0.15) is 32.6 Å². The number of halogens is 1. The zero-order chi connectivity index (χ0) is 17.8. The molecule has 1 saturated carbocycles. The molecular weight excluding hydrogens is 354 g/mol. The van der Waals surface area contributed by atoms with Crippen LogP contribution in [-0.2, 0) is 20.9 Å². The van der Waals surface area contributed by atoms with Crippen LogP contribution in [0.4, 0.5) is 5.69 Å². The van der Waals surface area contributed by atoms with Crippen LogP contribution in [0.5, 0.6) is 0 Å². The lowest BCUT2D eigenvalue weighted by molar-refractivity contribution is -0.143. The second-order valence-corrected chi connectivity index (χ2v) is 6.63. The molecule has 0 radical (unpaired) electrons. The van der Waals surface area contributed by atoms with E-state index in [2.05, 4.69) is 5.32 Å². The van der Waals surface area contributed by atoms with E-state index < -0.39 is 0 Å². The average Bonchev–Trinajstić information content (AvgIpc) is 3.14. The summed E-state index contributed by atoms with van der Waals surface area (Å²) in [5.41, 5.74) is 7.73. The second-order valence-electron chi connectivity index (χ2n) is 6.63. The molecule has 0 aliphatic heterocycles. The van der Waals surface area contributed by atoms with E-state index in [1.54, 1.807) is 6.92 Å². The highest BCUT2D eigenvalue weighted by molar-refractivity contribution is 5.94. The van der Waals surface area contributed by atoms with Crippen molar-refractivity contribution in [2.75, 3.05) is 11.9 Å². The molecule has 1 amide bonds. The average molecular weight is 380 g/mol. The van der Waals surface area contributed by atoms with Gasteiger partial charge in [-0.2, -0.15) is 0 Å². The third kappa shape index (κ3) is 4.77. The minimum atomic E-state index is -0.259. The number of hydrogen-bond donors (Lipinski definition) is 2. The van der Waals surface area contributed by atoms with E-state index in [4.69, 9.17) is 10.5 Å². The van der Waals surface area contributed by atoms with Crippen LogP contribution in [-0.4, -0.2) is 29.1 Å². The molecule has 6 nitrogen and oxygen atoms in total. The van der Waals surface area contributed by atoms with Crippen LogP contribution in [0.2, 0.25) is 0 Å². The Morgan fingerprint density at radius 2 is 2.12 bits per heavy atom. The minimum Gasteiger partial charge on any atom is -0.465 e. The molecule has 2 atom stereocenters. The normalized spacial score (nSPS) is 19.2. The van der Waals surface area contributed by atoms with Gasteiger partial charge in [-0.1, -0.05) is 6.42 Å². The zero-order valence-electron chi connectivity index (χ0n) is 14.9. The summed E-state index contributed by atoms with van der Waals surface area (Å²) in [4.78, 5) is 23.9. The molecule has 0 spiro atoms. The van der Waals surface area contributed by atoms with Crippen LogP contribution < -0.4 is 11.1 Å². The van der Waals surface area contributed by atoms with Crippen molar-refractivity contribution >= 4 is 40.9 Å². The van der Waals surface area contributed by atoms with Gasteiger partial charge >= 0.3 is 5.97 Å². The second kappa shape index (κ2) is 9.05. The van der Waals surface area contributed by atoms with Crippen molar-refractivity contribution < 1.29 is 14.3 Å². The number of ether oxygens (including phenoxy) is 1. The highest BCUT2D eigenvalue weighted by atomic mass is 35.5. The summed E-state index contributed by atoms with van der Waals surface area (Å²) in [5, 5.41) is 3.93. The molecule has 1 aromatic carbocycles. The Morgan fingerprint density at radius 3 is 2.81 bits per heavy atom. The lowest BCUT2D eigenvalue weighted by Gasteiger charge is -2.14. The fourth-order valence-electron chi connectivity index (χ4n) is 3.53. The molecular formula is C19H26ClN3O3. The third-order valence-electron chi connectivity index (χ3n) is 4.82. The third-order valence-corrected chi connectivity index (χ3v) is 4.82. The van der Waals surface area contributed by atoms with Gasteiger partial charge in [0.15, 0.2) is 0 Å². The number of hydrogen-bond acceptors (Lipinski definition) is 4. The van der Waals surface area contributed by atoms with E-state index in [1.165, 1.54) is 0 Å². The Hall–Kier alpha value is -2.05. The number of aromatic nitrogens is 1. The molecule has 2 aromatic rings. The highest BCUT2D eigenvalue weighted by Gasteiger charge is 2.26. The fourth-order valence-corrected chi connectivity index (χ4v) is 3.53. The van der Waals surface area contributed by atoms with Crippen LogP contribution in [0.3, 0.4) is 0 Å². The molecule has 3 rings (SSSR count). The number of anilines is 1. The molecule has 1 aliphatic rings. The standard InChI is InChI=1S/C19H25N3O3.ClH/c1-2-25-19(24)12-22-9-8-14-10-15(6-7-17(14)22)21-18(23)11-13-4-3-5-16(13)20;/h6-10,13,16H,2-5,11-12,20H2,1H3,(H,21,23);1H/t13-,16+;/m0./s1. The van der Waals surface area contributed by atoms with Gasteiger partial charge in [0, 0.05) is 35.2 Å². The van der Waals surface area contributed by atoms with Crippen LogP contribution in [0.25, 0.3) is 10.9 Å². The Balaban J connectivity index is 0.00000243. The maximum Gasteiger partial charge on any atom is 0.325 e. The molecule has 0 saturated heterocycles. The van der Waals surface area contributed by atoms with Crippen LogP contribution >= 0.6 is 12.4 Å². The van der Waals surface area contributed by atoms with Gasteiger partial charge in [0.2, 0.25) is 5.91 Å². The van der Waals surface area contributed by atoms with E-state index in [0.29, 0.717) is 13.0 Å². The first-order valence-corrected chi connectivity index (χ1v) is 8.86. The van der Waals surface area contributed by atoms with E-state index >= 15 is 0 Å². The molecule has 1 fully saturated rings. The van der Waals surface area contributed by atoms with Crippen LogP contribution in [0, 0.1) is 5.92 Å². The first kappa shape index (κ1) is 20.3. The van der Waals surface area contributed by atoms with Gasteiger partial charge in [-0.15, -0.1) is 12.4 Å². The van der Waals surface area contributed by atoms with Crippen molar-refractivity contribution in [3.8, 4) is 0 Å². The smallest absolute Gasteiger partial charge is 0.325 e. The number of benzene rings is 1. The van der Waals surface area contributed by atoms with Gasteiger partial charge in [-0.25, -0.2) is 0 Å². The van der Waals surface area contributed by atoms with Crippen molar-refractivity contribution in [1.29, 1.82) is 0 Å². The number of amides is 1. The first-order valence-electron chi connectivity index (χ1n) is 8.86. The Bertz CT molecular complexity index is 774. The van der Waals surface area contributed by atoms with Gasteiger partial charge < -0.3 is 20.4 Å². The van der Waals surface area contributed by atoms with Gasteiger partial charge in [-0.05, 0) is 49.9 Å². The number of nitrogens with zero attached hydrogens (tertiary/aromatic N) is 1. The zero-order valence-corrected chi connectivity index (χ0v) is 15.8. The molecule has 0 bridgehead atoms. The van der Waals surface area contributed by atoms with Crippen molar-refractivity contribution in [3.63, 3.8) is 0 Å². The summed E-state index contributed by atoms with van der Waals surface area (Å²) in [7, 11) is 0. The SMILES string of the molecule is CCOC(=O)Cn1ccc2cc(NC(=O)C[C@@H]3CCC[C@H]3N)ccc21.Cl. The van der Waals surface area contributed by atoms with Gasteiger partial charge in [-0.3, -0.25) is 9.59 Å². The predicted molar refractivity (Wildman–Crippen MR) is 104 cm³/mol. The van der Waals surface area contributed by atoms with E-state index in [9.17, 15) is 9.59 Å². The summed E-state index contributed by atoms with van der Waals surface area (Å²) in [6.45, 7) is 2.35. The van der Waals surface area contributed by atoms with Crippen molar-refractivity contribution in [1.82, 2.24) is 4.57 Å². The quantitative estimate of drug-likeness (QED) is 0.755. The minimum absolute atomic E-state index is 0. The van der Waals surface area contributed by atoms with Gasteiger partial charge in [0.1, 0.15) is 6.54 Å². The van der Waals surface area contributed by atoms with E-state index in [1.807, 2.05) is 35.0 Å². The lowest BCUT2D eigenvalue weighted by Crippen LogP contribution is -2.28. The number of nitrogens with one attached hydrogen (secondary N) is 1. The van der Waals surface area contributed by atoms with Crippen molar-refractivity contribution in [2.24, 2.45) is 11.7 Å². The molecule has 26 heavy (non-hydrogen) atoms. The number of esters is 1. The van der Waals surface area contributed by atoms with Crippen molar-refractivity contribution in [2.45, 2.75) is 45.2 Å². The summed E-state index contributed by atoms with van der Waals surface area (Å²) < 4.78 is 6.83. The molecule has 1 heterocycles. The number of nitrogens with two attached hydrogens (primary N) is 1. The maximum absolute atomic E-state index is 12.2. The highest BCUT2D eigenvalue weighted by Crippen LogP contribution is 2.27. The first-order chi connectivity index (χ1) is 12.1. The van der Waals surface area contributed by atoms with E-state index in [0.717, 1.165) is 35.9 Å². The van der Waals surface area contributed by atoms with Gasteiger partial charge in [0.05, 0.1) is 6.61 Å². The fraction of sp³-hybridized carbons (Fsp3) is 0.474. The monoisotopic (exact) mass is 379 g/mol. The number of carbonyl (C=O) groups is 2. The summed E-state index contributed by atoms with van der Waals surface area (Å²) in [5.74, 6) is 0.0346. The summed E-state index contributed by atoms with van der Waals surface area (Å²) >= 11 is 0. The largest absolute Gasteiger partial charge is 0.465 e. The maximum atomic E-state index is 12.2. The Labute approximate surface area is 159 Å². The number of rotatable bonds is 6. The number of fused-ring (bicyclic) bond motifs is 1. The predicted octanol–water partition coefficient (Wildman–Crippen LogP) is 3.08. The van der Waals surface area contributed by atoms with E-state index in [-0.39, 0.29) is 42.8 Å². The molecule has 3 N–H and O–H groups in total. The summed E-state index contributed by atoms with van der Waals surface area (Å²) in [6.07, 6.45) is 5.48. The topological polar surface area (TPSA) is 86.3 Å². The van der Waals surface area contributed by atoms with Crippen molar-refractivity contribution in [3.05, 3.63) is 30.5 Å². The lowest BCUT2D eigenvalue weighted by atomic mass is 10.00. The Morgan fingerprint density at radius 1 is 1.31 bits per heavy atom. The Kier molecular flexibility index (Phi) is 7.06. The molecule has 0 unspecified atom stereocenters. The van der Waals surface area contributed by atoms with Crippen LogP contribution in [0.15, 0.2) is 30.5 Å². The molecule has 1 aromatic heterocycles. The molecule has 142 valence electrons.